The van der Waals surface area contributed by atoms with E-state index >= 15 is 0 Å². The van der Waals surface area contributed by atoms with Gasteiger partial charge in [-0.15, -0.1) is 0 Å². The van der Waals surface area contributed by atoms with Crippen LogP contribution < -0.4 is 5.32 Å². The number of pyridine rings is 1. The first-order valence-electron chi connectivity index (χ1n) is 8.25. The molecular weight excluding hydrogens is 380 g/mol. The number of anilines is 1. The van der Waals surface area contributed by atoms with E-state index in [1.54, 1.807) is 24.3 Å². The molecule has 0 saturated carbocycles. The molecule has 4 aromatic rings. The number of fused-ring (bicyclic) bond motifs is 1. The molecular formula is C20H13ClN4O3. The van der Waals surface area contributed by atoms with Crippen LogP contribution in [0.1, 0.15) is 20.8 Å². The molecule has 4 rings (SSSR count). The van der Waals surface area contributed by atoms with Gasteiger partial charge in [0.25, 0.3) is 5.91 Å². The van der Waals surface area contributed by atoms with Crippen molar-refractivity contribution in [3.05, 3.63) is 77.2 Å². The molecule has 0 aliphatic heterocycles. The Morgan fingerprint density at radius 2 is 1.79 bits per heavy atom. The number of amides is 1. The van der Waals surface area contributed by atoms with Crippen molar-refractivity contribution in [1.29, 1.82) is 0 Å². The summed E-state index contributed by atoms with van der Waals surface area (Å²) in [6, 6.07) is 14.2. The average molecular weight is 393 g/mol. The summed E-state index contributed by atoms with van der Waals surface area (Å²) in [5.74, 6) is -1.39. The lowest BCUT2D eigenvalue weighted by atomic mass is 10.0. The first kappa shape index (κ1) is 17.7. The molecule has 3 N–H and O–H groups in total. The molecule has 0 spiro atoms. The number of H-pyrrole nitrogens is 1. The summed E-state index contributed by atoms with van der Waals surface area (Å²) < 4.78 is 0. The van der Waals surface area contributed by atoms with Crippen molar-refractivity contribution in [2.45, 2.75) is 0 Å². The molecule has 1 amide bonds. The van der Waals surface area contributed by atoms with Gasteiger partial charge in [0.05, 0.1) is 16.1 Å². The number of aromatic carboxylic acids is 1. The van der Waals surface area contributed by atoms with Crippen LogP contribution in [-0.4, -0.2) is 32.2 Å². The summed E-state index contributed by atoms with van der Waals surface area (Å²) >= 11 is 5.99. The standard InChI is InChI=1S/C20H13ClN4O3/c21-16-10-22-8-7-14(16)19(26)23-13-4-1-11(2-5-13)12-3-6-15-17(9-12)24-25-18(15)20(27)28/h1-10H,(H,23,26)(H,24,25)(H,27,28). The monoisotopic (exact) mass is 392 g/mol. The van der Waals surface area contributed by atoms with Gasteiger partial charge < -0.3 is 10.4 Å². The Morgan fingerprint density at radius 1 is 1.04 bits per heavy atom. The molecule has 28 heavy (non-hydrogen) atoms. The molecule has 8 heteroatoms. The number of hydrogen-bond acceptors (Lipinski definition) is 4. The van der Waals surface area contributed by atoms with Crippen molar-refractivity contribution in [3.8, 4) is 11.1 Å². The minimum Gasteiger partial charge on any atom is -0.476 e. The van der Waals surface area contributed by atoms with E-state index in [1.807, 2.05) is 24.3 Å². The summed E-state index contributed by atoms with van der Waals surface area (Å²) in [5.41, 5.74) is 3.41. The molecule has 0 radical (unpaired) electrons. The highest BCUT2D eigenvalue weighted by Crippen LogP contribution is 2.26. The number of carboxylic acids is 1. The fourth-order valence-electron chi connectivity index (χ4n) is 2.87. The molecule has 138 valence electrons. The highest BCUT2D eigenvalue weighted by molar-refractivity contribution is 6.34. The number of nitrogens with one attached hydrogen (secondary N) is 2. The number of carbonyl (C=O) groups is 2. The van der Waals surface area contributed by atoms with Crippen LogP contribution >= 0.6 is 11.6 Å². The molecule has 0 unspecified atom stereocenters. The number of carbonyl (C=O) groups excluding carboxylic acids is 1. The van der Waals surface area contributed by atoms with E-state index < -0.39 is 5.97 Å². The van der Waals surface area contributed by atoms with E-state index in [-0.39, 0.29) is 16.6 Å². The zero-order chi connectivity index (χ0) is 19.7. The number of nitrogens with zero attached hydrogens (tertiary/aromatic N) is 2. The van der Waals surface area contributed by atoms with E-state index in [4.69, 9.17) is 16.7 Å². The molecule has 2 heterocycles. The lowest BCUT2D eigenvalue weighted by molar-refractivity contribution is 0.0692. The van der Waals surface area contributed by atoms with Crippen LogP contribution in [-0.2, 0) is 0 Å². The molecule has 2 aromatic heterocycles. The fourth-order valence-corrected chi connectivity index (χ4v) is 3.07. The van der Waals surface area contributed by atoms with E-state index in [0.29, 0.717) is 22.2 Å². The minimum atomic E-state index is -1.08. The maximum atomic E-state index is 12.3. The predicted octanol–water partition coefficient (Wildman–Crippen LogP) is 4.23. The minimum absolute atomic E-state index is 0.00520. The highest BCUT2D eigenvalue weighted by atomic mass is 35.5. The van der Waals surface area contributed by atoms with Gasteiger partial charge in [-0.25, -0.2) is 4.79 Å². The van der Waals surface area contributed by atoms with Crippen molar-refractivity contribution in [2.24, 2.45) is 0 Å². The molecule has 0 fully saturated rings. The summed E-state index contributed by atoms with van der Waals surface area (Å²) in [6.07, 6.45) is 2.92. The summed E-state index contributed by atoms with van der Waals surface area (Å²) in [7, 11) is 0. The Bertz CT molecular complexity index is 1200. The third-order valence-electron chi connectivity index (χ3n) is 4.26. The predicted molar refractivity (Wildman–Crippen MR) is 106 cm³/mol. The van der Waals surface area contributed by atoms with Crippen LogP contribution in [0.15, 0.2) is 60.9 Å². The zero-order valence-electron chi connectivity index (χ0n) is 14.3. The first-order valence-corrected chi connectivity index (χ1v) is 8.63. The molecule has 0 atom stereocenters. The molecule has 0 aliphatic rings. The van der Waals surface area contributed by atoms with E-state index in [2.05, 4.69) is 20.5 Å². The van der Waals surface area contributed by atoms with E-state index in [0.717, 1.165) is 11.1 Å². The Balaban J connectivity index is 1.56. The van der Waals surface area contributed by atoms with Gasteiger partial charge >= 0.3 is 5.97 Å². The second-order valence-corrected chi connectivity index (χ2v) is 6.43. The summed E-state index contributed by atoms with van der Waals surface area (Å²) in [5, 5.41) is 19.3. The fraction of sp³-hybridized carbons (Fsp3) is 0. The molecule has 2 aromatic carbocycles. The topological polar surface area (TPSA) is 108 Å². The second kappa shape index (κ2) is 7.13. The molecule has 0 aliphatic carbocycles. The van der Waals surface area contributed by atoms with Crippen LogP contribution in [0.3, 0.4) is 0 Å². The van der Waals surface area contributed by atoms with Gasteiger partial charge in [-0.2, -0.15) is 5.10 Å². The van der Waals surface area contributed by atoms with Gasteiger partial charge in [-0.05, 0) is 41.5 Å². The van der Waals surface area contributed by atoms with Crippen LogP contribution in [0.4, 0.5) is 5.69 Å². The van der Waals surface area contributed by atoms with Crippen molar-refractivity contribution < 1.29 is 14.7 Å². The number of hydrogen-bond donors (Lipinski definition) is 3. The van der Waals surface area contributed by atoms with E-state index in [9.17, 15) is 9.59 Å². The van der Waals surface area contributed by atoms with Gasteiger partial charge in [0.15, 0.2) is 5.69 Å². The smallest absolute Gasteiger partial charge is 0.357 e. The summed E-state index contributed by atoms with van der Waals surface area (Å²) in [6.45, 7) is 0. The van der Waals surface area contributed by atoms with Crippen LogP contribution in [0.5, 0.6) is 0 Å². The van der Waals surface area contributed by atoms with Crippen molar-refractivity contribution in [2.75, 3.05) is 5.32 Å². The Kier molecular flexibility index (Phi) is 4.50. The normalized spacial score (nSPS) is 10.8. The largest absolute Gasteiger partial charge is 0.476 e. The number of aromatic nitrogens is 3. The lowest BCUT2D eigenvalue weighted by Crippen LogP contribution is -2.12. The maximum Gasteiger partial charge on any atom is 0.357 e. The van der Waals surface area contributed by atoms with Gasteiger partial charge in [0.2, 0.25) is 0 Å². The third-order valence-corrected chi connectivity index (χ3v) is 4.56. The first-order chi connectivity index (χ1) is 13.5. The highest BCUT2D eigenvalue weighted by Gasteiger charge is 2.13. The van der Waals surface area contributed by atoms with Crippen molar-refractivity contribution in [3.63, 3.8) is 0 Å². The Labute approximate surface area is 164 Å². The van der Waals surface area contributed by atoms with Gasteiger partial charge in [-0.1, -0.05) is 29.8 Å². The number of aromatic amines is 1. The maximum absolute atomic E-state index is 12.3. The van der Waals surface area contributed by atoms with Crippen LogP contribution in [0.2, 0.25) is 5.02 Å². The van der Waals surface area contributed by atoms with Gasteiger partial charge in [0, 0.05) is 23.5 Å². The summed E-state index contributed by atoms with van der Waals surface area (Å²) in [4.78, 5) is 27.3. The number of halogens is 1. The number of carboxylic acid groups (broad SMARTS) is 1. The Morgan fingerprint density at radius 3 is 2.50 bits per heavy atom. The van der Waals surface area contributed by atoms with Crippen molar-refractivity contribution >= 4 is 40.1 Å². The molecule has 7 nitrogen and oxygen atoms in total. The van der Waals surface area contributed by atoms with Crippen molar-refractivity contribution in [1.82, 2.24) is 15.2 Å². The van der Waals surface area contributed by atoms with Crippen LogP contribution in [0, 0.1) is 0 Å². The Hall–Kier alpha value is -3.71. The number of benzene rings is 2. The second-order valence-electron chi connectivity index (χ2n) is 6.02. The molecule has 0 saturated heterocycles. The number of rotatable bonds is 4. The third kappa shape index (κ3) is 3.30. The lowest BCUT2D eigenvalue weighted by Gasteiger charge is -2.08. The van der Waals surface area contributed by atoms with Crippen LogP contribution in [0.25, 0.3) is 22.0 Å². The SMILES string of the molecule is O=C(Nc1ccc(-c2ccc3c(C(=O)O)n[nH]c3c2)cc1)c1ccncc1Cl. The van der Waals surface area contributed by atoms with Gasteiger partial charge in [0.1, 0.15) is 0 Å². The average Bonchev–Trinajstić information content (AvgIpc) is 3.12. The van der Waals surface area contributed by atoms with Gasteiger partial charge in [-0.3, -0.25) is 14.9 Å². The quantitative estimate of drug-likeness (QED) is 0.481. The van der Waals surface area contributed by atoms with E-state index in [1.165, 1.54) is 12.4 Å². The zero-order valence-corrected chi connectivity index (χ0v) is 15.1. The molecule has 0 bridgehead atoms.